The normalized spacial score (nSPS) is 45.9. The first-order chi connectivity index (χ1) is 14.9. The van der Waals surface area contributed by atoms with Crippen molar-refractivity contribution in [2.24, 2.45) is 40.4 Å². The average molecular weight is 443 g/mol. The van der Waals surface area contributed by atoms with Crippen LogP contribution in [0.25, 0.3) is 0 Å². The smallest absolute Gasteiger partial charge is 0.309 e. The van der Waals surface area contributed by atoms with Gasteiger partial charge in [0, 0.05) is 16.7 Å². The summed E-state index contributed by atoms with van der Waals surface area (Å²) in [6, 6.07) is 0. The SMILES string of the molecule is CC(=O)[C@@]1(OC(=O)CC(C)O)[C@@H](C)C[C@H]2[C@@H]3C[C@H](C)C4=CC(=O)C=C[C@]4(C)[C@H]3CC[C@@]21C. The van der Waals surface area contributed by atoms with E-state index in [4.69, 9.17) is 4.74 Å². The number of rotatable bonds is 4. The summed E-state index contributed by atoms with van der Waals surface area (Å²) in [6.45, 7) is 11.8. The van der Waals surface area contributed by atoms with Crippen molar-refractivity contribution >= 4 is 17.5 Å². The first kappa shape index (κ1) is 23.4. The van der Waals surface area contributed by atoms with Crippen LogP contribution >= 0.6 is 0 Å². The molecule has 4 rings (SSSR count). The van der Waals surface area contributed by atoms with Crippen LogP contribution in [0.5, 0.6) is 0 Å². The molecule has 4 aliphatic rings. The predicted molar refractivity (Wildman–Crippen MR) is 122 cm³/mol. The number of Topliss-reactive ketones (excluding diaryl/α,β-unsaturated/α-hetero) is 1. The molecule has 0 amide bonds. The van der Waals surface area contributed by atoms with Gasteiger partial charge in [0.2, 0.25) is 0 Å². The van der Waals surface area contributed by atoms with Crippen LogP contribution in [0.4, 0.5) is 0 Å². The molecule has 0 aromatic heterocycles. The van der Waals surface area contributed by atoms with Crippen molar-refractivity contribution < 1.29 is 24.2 Å². The third-order valence-corrected chi connectivity index (χ3v) is 9.68. The summed E-state index contributed by atoms with van der Waals surface area (Å²) < 4.78 is 6.09. The molecule has 0 radical (unpaired) electrons. The molecule has 4 aliphatic carbocycles. The molecule has 0 bridgehead atoms. The molecule has 0 aromatic rings. The molecular weight excluding hydrogens is 404 g/mol. The maximum Gasteiger partial charge on any atom is 0.309 e. The van der Waals surface area contributed by atoms with Gasteiger partial charge < -0.3 is 9.84 Å². The highest BCUT2D eigenvalue weighted by atomic mass is 16.6. The number of hydrogen-bond donors (Lipinski definition) is 1. The number of carbonyl (C=O) groups is 3. The lowest BCUT2D eigenvalue weighted by molar-refractivity contribution is -0.195. The summed E-state index contributed by atoms with van der Waals surface area (Å²) in [7, 11) is 0. The molecule has 0 heterocycles. The second-order valence-electron chi connectivity index (χ2n) is 11.5. The Bertz CT molecular complexity index is 900. The number of aliphatic hydroxyl groups excluding tert-OH is 1. The topological polar surface area (TPSA) is 80.7 Å². The van der Waals surface area contributed by atoms with Gasteiger partial charge in [-0.25, -0.2) is 0 Å². The van der Waals surface area contributed by atoms with Gasteiger partial charge in [0.05, 0.1) is 12.5 Å². The Morgan fingerprint density at radius 3 is 2.53 bits per heavy atom. The average Bonchev–Trinajstić information content (AvgIpc) is 2.91. The minimum Gasteiger partial charge on any atom is -0.450 e. The van der Waals surface area contributed by atoms with E-state index in [0.29, 0.717) is 17.8 Å². The van der Waals surface area contributed by atoms with Crippen LogP contribution in [0, 0.1) is 40.4 Å². The zero-order valence-electron chi connectivity index (χ0n) is 20.3. The van der Waals surface area contributed by atoms with Crippen molar-refractivity contribution in [2.45, 2.75) is 85.4 Å². The fraction of sp³-hybridized carbons (Fsp3) is 0.741. The Hall–Kier alpha value is -1.75. The Kier molecular flexibility index (Phi) is 5.59. The van der Waals surface area contributed by atoms with E-state index in [0.717, 1.165) is 25.7 Å². The second kappa shape index (κ2) is 7.65. The number of aliphatic hydroxyl groups is 1. The van der Waals surface area contributed by atoms with Gasteiger partial charge >= 0.3 is 5.97 Å². The number of allylic oxidation sites excluding steroid dienone is 4. The molecule has 3 fully saturated rings. The maximum absolute atomic E-state index is 13.2. The third-order valence-electron chi connectivity index (χ3n) is 9.68. The largest absolute Gasteiger partial charge is 0.450 e. The molecule has 0 saturated heterocycles. The van der Waals surface area contributed by atoms with Crippen LogP contribution in [0.15, 0.2) is 23.8 Å². The van der Waals surface area contributed by atoms with E-state index in [1.807, 2.05) is 13.0 Å². The highest BCUT2D eigenvalue weighted by Gasteiger charge is 2.70. The minimum atomic E-state index is -1.15. The van der Waals surface area contributed by atoms with Gasteiger partial charge in [0.1, 0.15) is 0 Å². The van der Waals surface area contributed by atoms with Crippen molar-refractivity contribution in [3.05, 3.63) is 23.8 Å². The summed E-state index contributed by atoms with van der Waals surface area (Å²) in [5.41, 5.74) is -0.459. The van der Waals surface area contributed by atoms with E-state index in [9.17, 15) is 19.5 Å². The first-order valence-electron chi connectivity index (χ1n) is 12.2. The Morgan fingerprint density at radius 2 is 1.91 bits per heavy atom. The molecule has 0 aliphatic heterocycles. The lowest BCUT2D eigenvalue weighted by atomic mass is 9.45. The van der Waals surface area contributed by atoms with Gasteiger partial charge in [-0.3, -0.25) is 14.4 Å². The van der Waals surface area contributed by atoms with Gasteiger partial charge in [0.25, 0.3) is 0 Å². The zero-order valence-corrected chi connectivity index (χ0v) is 20.3. The van der Waals surface area contributed by atoms with Crippen LogP contribution in [0.3, 0.4) is 0 Å². The summed E-state index contributed by atoms with van der Waals surface area (Å²) in [6.07, 6.45) is 8.39. The van der Waals surface area contributed by atoms with Crippen LogP contribution in [0.2, 0.25) is 0 Å². The maximum atomic E-state index is 13.2. The lowest BCUT2D eigenvalue weighted by Crippen LogP contribution is -2.60. The van der Waals surface area contributed by atoms with Gasteiger partial charge in [-0.15, -0.1) is 0 Å². The van der Waals surface area contributed by atoms with E-state index in [-0.39, 0.29) is 35.2 Å². The van der Waals surface area contributed by atoms with Crippen LogP contribution < -0.4 is 0 Å². The van der Waals surface area contributed by atoms with Crippen molar-refractivity contribution in [2.75, 3.05) is 0 Å². The highest BCUT2D eigenvalue weighted by molar-refractivity contribution is 6.01. The number of ether oxygens (including phenoxy) is 1. The molecular formula is C27H38O5. The van der Waals surface area contributed by atoms with E-state index in [2.05, 4.69) is 26.8 Å². The fourth-order valence-electron chi connectivity index (χ4n) is 8.44. The fourth-order valence-corrected chi connectivity index (χ4v) is 8.44. The molecule has 1 unspecified atom stereocenters. The van der Waals surface area contributed by atoms with Crippen LogP contribution in [0.1, 0.15) is 73.6 Å². The van der Waals surface area contributed by atoms with Crippen LogP contribution in [-0.2, 0) is 19.1 Å². The van der Waals surface area contributed by atoms with E-state index < -0.39 is 23.1 Å². The summed E-state index contributed by atoms with van der Waals surface area (Å²) in [5.74, 6) is 0.830. The van der Waals surface area contributed by atoms with Gasteiger partial charge in [-0.2, -0.15) is 0 Å². The van der Waals surface area contributed by atoms with Crippen molar-refractivity contribution in [1.29, 1.82) is 0 Å². The second-order valence-corrected chi connectivity index (χ2v) is 11.5. The van der Waals surface area contributed by atoms with E-state index in [1.165, 1.54) is 5.57 Å². The van der Waals surface area contributed by atoms with Gasteiger partial charge in [-0.1, -0.05) is 39.3 Å². The Morgan fingerprint density at radius 1 is 1.22 bits per heavy atom. The molecule has 32 heavy (non-hydrogen) atoms. The molecule has 1 N–H and O–H groups in total. The summed E-state index contributed by atoms with van der Waals surface area (Å²) in [4.78, 5) is 38.0. The molecule has 9 atom stereocenters. The minimum absolute atomic E-state index is 0.0739. The van der Waals surface area contributed by atoms with Gasteiger partial charge in [-0.05, 0) is 75.4 Å². The zero-order chi connectivity index (χ0) is 23.6. The Balaban J connectivity index is 1.73. The summed E-state index contributed by atoms with van der Waals surface area (Å²) in [5, 5.41) is 9.70. The lowest BCUT2D eigenvalue weighted by Gasteiger charge is -2.59. The number of hydrogen-bond acceptors (Lipinski definition) is 5. The summed E-state index contributed by atoms with van der Waals surface area (Å²) >= 11 is 0. The van der Waals surface area contributed by atoms with E-state index >= 15 is 0 Å². The van der Waals surface area contributed by atoms with Crippen LogP contribution in [-0.4, -0.2) is 34.3 Å². The molecule has 0 aromatic carbocycles. The highest BCUT2D eigenvalue weighted by Crippen LogP contribution is 2.69. The van der Waals surface area contributed by atoms with Crippen molar-refractivity contribution in [3.8, 4) is 0 Å². The molecule has 0 spiro atoms. The third kappa shape index (κ3) is 3.10. The monoisotopic (exact) mass is 442 g/mol. The molecule has 176 valence electrons. The van der Waals surface area contributed by atoms with Crippen molar-refractivity contribution in [1.82, 2.24) is 0 Å². The standard InChI is InChI=1S/C27H38O5/c1-15-11-20-21(25(5)9-7-19(30)14-22(15)25)8-10-26(6)23(20)12-16(2)27(26,18(4)29)32-24(31)13-17(3)28/h7,9,14-17,20-21,23,28H,8,10-13H2,1-6H3/t15-,16-,17?,20+,21-,23-,25+,26-,27-/m0/s1. The number of fused-ring (bicyclic) bond motifs is 5. The van der Waals surface area contributed by atoms with E-state index in [1.54, 1.807) is 19.9 Å². The molecule has 5 nitrogen and oxygen atoms in total. The first-order valence-corrected chi connectivity index (χ1v) is 12.2. The number of carbonyl (C=O) groups excluding carboxylic acids is 3. The quantitative estimate of drug-likeness (QED) is 0.652. The molecule has 3 saturated carbocycles. The Labute approximate surface area is 191 Å². The predicted octanol–water partition coefficient (Wildman–Crippen LogP) is 4.43. The van der Waals surface area contributed by atoms with Crippen molar-refractivity contribution in [3.63, 3.8) is 0 Å². The van der Waals surface area contributed by atoms with Gasteiger partial charge in [0.15, 0.2) is 17.2 Å². The number of esters is 1. The molecule has 5 heteroatoms. The number of ketones is 2.